The molecule has 0 spiro atoms. The Bertz CT molecular complexity index is 1100. The van der Waals surface area contributed by atoms with Crippen LogP contribution in [0.2, 0.25) is 0 Å². The molecule has 1 aliphatic heterocycles. The number of amides is 1. The van der Waals surface area contributed by atoms with Crippen LogP contribution >= 0.6 is 0 Å². The quantitative estimate of drug-likeness (QED) is 0.710. The first-order valence-electron chi connectivity index (χ1n) is 11.4. The summed E-state index contributed by atoms with van der Waals surface area (Å²) < 4.78 is 40.1. The molecule has 1 amide bonds. The van der Waals surface area contributed by atoms with Crippen LogP contribution in [0, 0.1) is 12.8 Å². The summed E-state index contributed by atoms with van der Waals surface area (Å²) >= 11 is 0. The number of methoxy groups -OCH3 is 1. The number of sulfonamides is 1. The maximum absolute atomic E-state index is 13.3. The molecule has 0 aliphatic carbocycles. The fraction of sp³-hybridized carbons (Fsp3) is 0.480. The Kier molecular flexibility index (Phi) is 8.22. The summed E-state index contributed by atoms with van der Waals surface area (Å²) in [5, 5.41) is 0. The van der Waals surface area contributed by atoms with Crippen molar-refractivity contribution in [1.82, 2.24) is 9.80 Å². The van der Waals surface area contributed by atoms with Gasteiger partial charge in [0.25, 0.3) is 15.9 Å². The Balaban J connectivity index is 1.94. The molecule has 2 aromatic carbocycles. The Morgan fingerprint density at radius 3 is 2.38 bits per heavy atom. The van der Waals surface area contributed by atoms with Crippen LogP contribution in [-0.4, -0.2) is 77.2 Å². The van der Waals surface area contributed by atoms with E-state index in [1.54, 1.807) is 61.5 Å². The molecule has 0 saturated carbocycles. The number of nitrogens with one attached hydrogen (secondary N) is 1. The van der Waals surface area contributed by atoms with Crippen LogP contribution in [0.15, 0.2) is 47.4 Å². The van der Waals surface area contributed by atoms with Crippen molar-refractivity contribution in [3.05, 3.63) is 53.6 Å². The second-order valence-corrected chi connectivity index (χ2v) is 10.8. The minimum absolute atomic E-state index is 0.0768. The fourth-order valence-electron chi connectivity index (χ4n) is 3.95. The van der Waals surface area contributed by atoms with Gasteiger partial charge in [-0.1, -0.05) is 24.6 Å². The predicted octanol–water partition coefficient (Wildman–Crippen LogP) is 3.23. The molecule has 0 fully saturated rings. The van der Waals surface area contributed by atoms with Gasteiger partial charge in [0.05, 0.1) is 22.3 Å². The average molecular weight is 490 g/mol. The van der Waals surface area contributed by atoms with Crippen LogP contribution in [0.1, 0.15) is 29.8 Å². The van der Waals surface area contributed by atoms with Crippen molar-refractivity contribution in [2.45, 2.75) is 37.8 Å². The van der Waals surface area contributed by atoms with E-state index in [4.69, 9.17) is 9.47 Å². The lowest BCUT2D eigenvalue weighted by Crippen LogP contribution is -2.45. The molecule has 2 aromatic rings. The summed E-state index contributed by atoms with van der Waals surface area (Å²) in [4.78, 5) is 17.2. The van der Waals surface area contributed by atoms with E-state index in [1.165, 1.54) is 0 Å². The average Bonchev–Trinajstić information content (AvgIpc) is 2.79. The van der Waals surface area contributed by atoms with E-state index >= 15 is 0 Å². The van der Waals surface area contributed by atoms with Crippen LogP contribution in [-0.2, 0) is 14.8 Å². The number of nitrogens with zero attached hydrogens (tertiary/aromatic N) is 2. The molecule has 0 radical (unpaired) electrons. The molecular weight excluding hydrogens is 454 g/mol. The number of fused-ring (bicyclic) bond motifs is 1. The molecule has 0 unspecified atom stereocenters. The second-order valence-electron chi connectivity index (χ2n) is 9.17. The highest BCUT2D eigenvalue weighted by atomic mass is 32.2. The third-order valence-corrected chi connectivity index (χ3v) is 7.74. The fourth-order valence-corrected chi connectivity index (χ4v) is 5.00. The lowest BCUT2D eigenvalue weighted by Gasteiger charge is -2.34. The summed E-state index contributed by atoms with van der Waals surface area (Å²) in [6, 6.07) is 11.4. The molecule has 1 N–H and O–H groups in total. The van der Waals surface area contributed by atoms with Gasteiger partial charge >= 0.3 is 0 Å². The van der Waals surface area contributed by atoms with E-state index in [9.17, 15) is 13.2 Å². The third kappa shape index (κ3) is 6.08. The van der Waals surface area contributed by atoms with E-state index in [1.807, 2.05) is 14.0 Å². The topological polar surface area (TPSA) is 88.2 Å². The molecule has 1 heterocycles. The van der Waals surface area contributed by atoms with Crippen molar-refractivity contribution < 1.29 is 22.7 Å². The zero-order valence-corrected chi connectivity index (χ0v) is 21.6. The number of likely N-dealkylation sites (N-methyl/N-ethyl adjacent to an activating group) is 2. The summed E-state index contributed by atoms with van der Waals surface area (Å²) in [5.41, 5.74) is 1.67. The first-order valence-corrected chi connectivity index (χ1v) is 12.8. The minimum Gasteiger partial charge on any atom is -0.491 e. The maximum Gasteiger partial charge on any atom is 0.261 e. The van der Waals surface area contributed by atoms with E-state index in [-0.39, 0.29) is 28.9 Å². The smallest absolute Gasteiger partial charge is 0.261 e. The molecule has 186 valence electrons. The summed E-state index contributed by atoms with van der Waals surface area (Å²) in [5.74, 6) is 0.340. The summed E-state index contributed by atoms with van der Waals surface area (Å²) in [6.07, 6.45) is -0.118. The number of anilines is 1. The van der Waals surface area contributed by atoms with Gasteiger partial charge in [-0.15, -0.1) is 0 Å². The molecular formula is C25H35N3O5S. The Hall–Kier alpha value is -2.62. The van der Waals surface area contributed by atoms with E-state index in [0.29, 0.717) is 30.2 Å². The van der Waals surface area contributed by atoms with Crippen LogP contribution in [0.3, 0.4) is 0 Å². The molecule has 34 heavy (non-hydrogen) atoms. The summed E-state index contributed by atoms with van der Waals surface area (Å²) in [6.45, 7) is 7.63. The normalized spacial score (nSPS) is 22.8. The lowest BCUT2D eigenvalue weighted by molar-refractivity contribution is 0.0150. The SMILES string of the molecule is CO[C@@H]1CN(C)C(=O)c2ccc(NS(=O)(=O)c3ccc(C)cc3)cc2OC[C@@H](C)N(C)C[C@@H]1C. The van der Waals surface area contributed by atoms with Gasteiger partial charge in [0.1, 0.15) is 12.4 Å². The minimum atomic E-state index is -3.78. The van der Waals surface area contributed by atoms with Crippen molar-refractivity contribution >= 4 is 21.6 Å². The molecule has 3 atom stereocenters. The molecule has 8 nitrogen and oxygen atoms in total. The van der Waals surface area contributed by atoms with Crippen molar-refractivity contribution in [3.63, 3.8) is 0 Å². The molecule has 3 rings (SSSR count). The molecule has 0 bridgehead atoms. The van der Waals surface area contributed by atoms with Gasteiger partial charge in [0.2, 0.25) is 0 Å². The zero-order chi connectivity index (χ0) is 25.0. The number of rotatable bonds is 4. The van der Waals surface area contributed by atoms with Crippen LogP contribution in [0.5, 0.6) is 5.75 Å². The molecule has 0 aromatic heterocycles. The molecule has 1 aliphatic rings. The zero-order valence-electron chi connectivity index (χ0n) is 20.7. The van der Waals surface area contributed by atoms with Crippen molar-refractivity contribution in [2.75, 3.05) is 45.6 Å². The number of hydrogen-bond donors (Lipinski definition) is 1. The van der Waals surface area contributed by atoms with Crippen molar-refractivity contribution in [1.29, 1.82) is 0 Å². The largest absolute Gasteiger partial charge is 0.491 e. The van der Waals surface area contributed by atoms with Crippen LogP contribution in [0.25, 0.3) is 0 Å². The Labute approximate surface area is 202 Å². The van der Waals surface area contributed by atoms with Gasteiger partial charge in [-0.05, 0) is 51.1 Å². The van der Waals surface area contributed by atoms with Crippen molar-refractivity contribution in [3.8, 4) is 5.75 Å². The van der Waals surface area contributed by atoms with Gasteiger partial charge in [0.15, 0.2) is 0 Å². The first-order chi connectivity index (χ1) is 16.0. The monoisotopic (exact) mass is 489 g/mol. The molecule has 9 heteroatoms. The number of benzene rings is 2. The summed E-state index contributed by atoms with van der Waals surface area (Å²) in [7, 11) is 1.65. The highest BCUT2D eigenvalue weighted by Gasteiger charge is 2.27. The Morgan fingerprint density at radius 2 is 1.74 bits per heavy atom. The van der Waals surface area contributed by atoms with Gasteiger partial charge in [-0.2, -0.15) is 0 Å². The first kappa shape index (κ1) is 26.0. The van der Waals surface area contributed by atoms with E-state index in [0.717, 1.165) is 12.1 Å². The number of carbonyl (C=O) groups is 1. The van der Waals surface area contributed by atoms with E-state index < -0.39 is 10.0 Å². The third-order valence-electron chi connectivity index (χ3n) is 6.34. The molecule has 0 saturated heterocycles. The second kappa shape index (κ2) is 10.8. The van der Waals surface area contributed by atoms with Gasteiger partial charge in [0, 0.05) is 39.4 Å². The predicted molar refractivity (Wildman–Crippen MR) is 133 cm³/mol. The van der Waals surface area contributed by atoms with Gasteiger partial charge in [-0.3, -0.25) is 14.4 Å². The number of carbonyl (C=O) groups excluding carboxylic acids is 1. The van der Waals surface area contributed by atoms with E-state index in [2.05, 4.69) is 23.5 Å². The van der Waals surface area contributed by atoms with Crippen LogP contribution in [0.4, 0.5) is 5.69 Å². The highest BCUT2D eigenvalue weighted by Crippen LogP contribution is 2.28. The number of hydrogen-bond acceptors (Lipinski definition) is 6. The van der Waals surface area contributed by atoms with Gasteiger partial charge in [-0.25, -0.2) is 8.42 Å². The Morgan fingerprint density at radius 1 is 1.06 bits per heavy atom. The maximum atomic E-state index is 13.3. The van der Waals surface area contributed by atoms with Crippen LogP contribution < -0.4 is 9.46 Å². The number of aryl methyl sites for hydroxylation is 1. The lowest BCUT2D eigenvalue weighted by atomic mass is 10.0. The highest BCUT2D eigenvalue weighted by molar-refractivity contribution is 7.92. The standard InChI is InChI=1S/C25H35N3O5S/c1-17-7-10-21(11-8-17)34(30,31)26-20-9-12-22-23(13-20)33-16-19(3)27(4)14-18(2)24(32-6)15-28(5)25(22)29/h7-13,18-19,24,26H,14-16H2,1-6H3/t18-,19+,24+/m0/s1. The van der Waals surface area contributed by atoms with Crippen molar-refractivity contribution in [2.24, 2.45) is 5.92 Å². The van der Waals surface area contributed by atoms with Gasteiger partial charge < -0.3 is 14.4 Å². The number of ether oxygens (including phenoxy) is 2.